The van der Waals surface area contributed by atoms with Gasteiger partial charge in [-0.3, -0.25) is 4.79 Å². The van der Waals surface area contributed by atoms with Gasteiger partial charge in [0.25, 0.3) is 5.91 Å². The first kappa shape index (κ1) is 18.2. The van der Waals surface area contributed by atoms with E-state index >= 15 is 0 Å². The van der Waals surface area contributed by atoms with Crippen LogP contribution in [-0.2, 0) is 16.0 Å². The Labute approximate surface area is 154 Å². The van der Waals surface area contributed by atoms with Crippen LogP contribution >= 0.6 is 0 Å². The number of nitrogens with one attached hydrogen (secondary N) is 1. The van der Waals surface area contributed by atoms with Crippen LogP contribution in [-0.4, -0.2) is 18.0 Å². The van der Waals surface area contributed by atoms with Gasteiger partial charge in [0.2, 0.25) is 0 Å². The zero-order valence-electron chi connectivity index (χ0n) is 15.5. The van der Waals surface area contributed by atoms with E-state index in [0.717, 1.165) is 30.4 Å². The van der Waals surface area contributed by atoms with Gasteiger partial charge < -0.3 is 10.1 Å². The van der Waals surface area contributed by atoms with E-state index in [4.69, 9.17) is 4.74 Å². The van der Waals surface area contributed by atoms with Crippen molar-refractivity contribution in [2.45, 2.75) is 52.2 Å². The fourth-order valence-electron chi connectivity index (χ4n) is 3.43. The summed E-state index contributed by atoms with van der Waals surface area (Å²) < 4.78 is 5.41. The first-order valence-electron chi connectivity index (χ1n) is 9.12. The van der Waals surface area contributed by atoms with Crippen LogP contribution in [0.4, 0.5) is 0 Å². The topological polar surface area (TPSA) is 55.4 Å². The van der Waals surface area contributed by atoms with Gasteiger partial charge in [0.1, 0.15) is 0 Å². The van der Waals surface area contributed by atoms with Crippen molar-refractivity contribution in [3.8, 4) is 0 Å². The highest BCUT2D eigenvalue weighted by atomic mass is 16.5. The maximum atomic E-state index is 12.6. The molecule has 2 atom stereocenters. The largest absolute Gasteiger partial charge is 0.449 e. The van der Waals surface area contributed by atoms with Gasteiger partial charge >= 0.3 is 5.97 Å². The first-order valence-corrected chi connectivity index (χ1v) is 9.12. The maximum Gasteiger partial charge on any atom is 0.339 e. The lowest BCUT2D eigenvalue weighted by atomic mass is 9.87. The summed E-state index contributed by atoms with van der Waals surface area (Å²) in [7, 11) is 0. The number of hydrogen-bond donors (Lipinski definition) is 1. The molecule has 1 aliphatic carbocycles. The van der Waals surface area contributed by atoms with E-state index < -0.39 is 12.1 Å². The van der Waals surface area contributed by atoms with Gasteiger partial charge in [-0.05, 0) is 62.8 Å². The van der Waals surface area contributed by atoms with E-state index in [0.29, 0.717) is 5.56 Å². The lowest BCUT2D eigenvalue weighted by molar-refractivity contribution is -0.130. The summed E-state index contributed by atoms with van der Waals surface area (Å²) in [6, 6.07) is 13.8. The molecule has 4 heteroatoms. The smallest absolute Gasteiger partial charge is 0.339 e. The summed E-state index contributed by atoms with van der Waals surface area (Å²) in [5.74, 6) is -0.719. The van der Waals surface area contributed by atoms with Crippen molar-refractivity contribution >= 4 is 11.9 Å². The van der Waals surface area contributed by atoms with E-state index in [9.17, 15) is 9.59 Å². The second-order valence-electron chi connectivity index (χ2n) is 7.02. The second kappa shape index (κ2) is 7.73. The standard InChI is InChI=1S/C22H25NO3/c1-14-11-12-15(2)19(13-14)22(25)26-16(3)21(24)23-20-10-6-8-17-7-4-5-9-18(17)20/h4-5,7,9,11-13,16,20H,6,8,10H2,1-3H3,(H,23,24)/t16-,20-/m1/s1. The summed E-state index contributed by atoms with van der Waals surface area (Å²) in [5.41, 5.74) is 4.78. The van der Waals surface area contributed by atoms with Gasteiger partial charge in [-0.1, -0.05) is 42.0 Å². The van der Waals surface area contributed by atoms with E-state index in [-0.39, 0.29) is 11.9 Å². The summed E-state index contributed by atoms with van der Waals surface area (Å²) in [4.78, 5) is 25.0. The van der Waals surface area contributed by atoms with E-state index in [1.807, 2.05) is 38.1 Å². The highest BCUT2D eigenvalue weighted by Crippen LogP contribution is 2.29. The molecule has 0 unspecified atom stereocenters. The normalized spacial score (nSPS) is 17.1. The van der Waals surface area contributed by atoms with Crippen LogP contribution in [0.1, 0.15) is 58.4 Å². The van der Waals surface area contributed by atoms with Gasteiger partial charge in [0, 0.05) is 0 Å². The van der Waals surface area contributed by atoms with Crippen molar-refractivity contribution in [3.05, 3.63) is 70.3 Å². The number of carbonyl (C=O) groups excluding carboxylic acids is 2. The highest BCUT2D eigenvalue weighted by Gasteiger charge is 2.26. The number of carbonyl (C=O) groups is 2. The number of amides is 1. The minimum absolute atomic E-state index is 0.0192. The van der Waals surface area contributed by atoms with Crippen molar-refractivity contribution in [2.24, 2.45) is 0 Å². The molecule has 0 saturated heterocycles. The van der Waals surface area contributed by atoms with Gasteiger partial charge in [-0.15, -0.1) is 0 Å². The monoisotopic (exact) mass is 351 g/mol. The number of fused-ring (bicyclic) bond motifs is 1. The predicted molar refractivity (Wildman–Crippen MR) is 101 cm³/mol. The first-order chi connectivity index (χ1) is 12.5. The van der Waals surface area contributed by atoms with Gasteiger partial charge in [0.05, 0.1) is 11.6 Å². The average Bonchev–Trinajstić information content (AvgIpc) is 2.63. The number of esters is 1. The van der Waals surface area contributed by atoms with Crippen LogP contribution in [0.3, 0.4) is 0 Å². The molecule has 0 aliphatic heterocycles. The Morgan fingerprint density at radius 3 is 2.73 bits per heavy atom. The third-order valence-corrected chi connectivity index (χ3v) is 4.95. The predicted octanol–water partition coefficient (Wildman–Crippen LogP) is 4.04. The molecule has 0 heterocycles. The fourth-order valence-corrected chi connectivity index (χ4v) is 3.43. The van der Waals surface area contributed by atoms with Crippen molar-refractivity contribution in [1.82, 2.24) is 5.32 Å². The van der Waals surface area contributed by atoms with Crippen LogP contribution in [0, 0.1) is 13.8 Å². The Morgan fingerprint density at radius 1 is 1.15 bits per heavy atom. The van der Waals surface area contributed by atoms with Crippen molar-refractivity contribution in [1.29, 1.82) is 0 Å². The van der Waals surface area contributed by atoms with Crippen LogP contribution in [0.2, 0.25) is 0 Å². The van der Waals surface area contributed by atoms with Crippen molar-refractivity contribution in [2.75, 3.05) is 0 Å². The zero-order valence-corrected chi connectivity index (χ0v) is 15.5. The molecular formula is C22H25NO3. The third-order valence-electron chi connectivity index (χ3n) is 4.95. The summed E-state index contributed by atoms with van der Waals surface area (Å²) in [6.07, 6.45) is 2.15. The number of rotatable bonds is 4. The lowest BCUT2D eigenvalue weighted by Crippen LogP contribution is -2.39. The molecule has 2 aromatic rings. The molecule has 1 aliphatic rings. The van der Waals surface area contributed by atoms with Crippen molar-refractivity contribution in [3.63, 3.8) is 0 Å². The maximum absolute atomic E-state index is 12.6. The highest BCUT2D eigenvalue weighted by molar-refractivity contribution is 5.93. The molecule has 1 N–H and O–H groups in total. The number of hydrogen-bond acceptors (Lipinski definition) is 3. The number of benzene rings is 2. The Balaban J connectivity index is 1.65. The molecule has 136 valence electrons. The van der Waals surface area contributed by atoms with Crippen LogP contribution in [0.5, 0.6) is 0 Å². The van der Waals surface area contributed by atoms with Crippen LogP contribution in [0.25, 0.3) is 0 Å². The number of ether oxygens (including phenoxy) is 1. The molecular weight excluding hydrogens is 326 g/mol. The fraction of sp³-hybridized carbons (Fsp3) is 0.364. The van der Waals surface area contributed by atoms with E-state index in [1.165, 1.54) is 11.1 Å². The van der Waals surface area contributed by atoms with Gasteiger partial charge in [-0.2, -0.15) is 0 Å². The third kappa shape index (κ3) is 3.96. The SMILES string of the molecule is Cc1ccc(C)c(C(=O)O[C@H](C)C(=O)N[C@@H]2CCCc3ccccc32)c1. The Morgan fingerprint density at radius 2 is 1.92 bits per heavy atom. The summed E-state index contributed by atoms with van der Waals surface area (Å²) >= 11 is 0. The Kier molecular flexibility index (Phi) is 5.40. The second-order valence-corrected chi connectivity index (χ2v) is 7.02. The molecule has 2 aromatic carbocycles. The average molecular weight is 351 g/mol. The molecule has 0 spiro atoms. The molecule has 0 radical (unpaired) electrons. The van der Waals surface area contributed by atoms with Crippen LogP contribution < -0.4 is 5.32 Å². The van der Waals surface area contributed by atoms with Gasteiger partial charge in [-0.25, -0.2) is 4.79 Å². The van der Waals surface area contributed by atoms with E-state index in [2.05, 4.69) is 17.4 Å². The van der Waals surface area contributed by atoms with Crippen molar-refractivity contribution < 1.29 is 14.3 Å². The lowest BCUT2D eigenvalue weighted by Gasteiger charge is -2.27. The minimum atomic E-state index is -0.837. The Bertz CT molecular complexity index is 828. The molecule has 0 aromatic heterocycles. The zero-order chi connectivity index (χ0) is 18.7. The summed E-state index contributed by atoms with van der Waals surface area (Å²) in [5, 5.41) is 3.04. The Hall–Kier alpha value is -2.62. The quantitative estimate of drug-likeness (QED) is 0.846. The molecule has 0 bridgehead atoms. The molecule has 4 nitrogen and oxygen atoms in total. The van der Waals surface area contributed by atoms with Crippen LogP contribution in [0.15, 0.2) is 42.5 Å². The minimum Gasteiger partial charge on any atom is -0.449 e. The summed E-state index contributed by atoms with van der Waals surface area (Å²) in [6.45, 7) is 5.40. The van der Waals surface area contributed by atoms with Gasteiger partial charge in [0.15, 0.2) is 6.10 Å². The molecule has 26 heavy (non-hydrogen) atoms. The molecule has 0 fully saturated rings. The molecule has 0 saturated carbocycles. The molecule has 3 rings (SSSR count). The number of aryl methyl sites for hydroxylation is 3. The van der Waals surface area contributed by atoms with E-state index in [1.54, 1.807) is 13.0 Å². The molecule has 1 amide bonds.